The van der Waals surface area contributed by atoms with Crippen LogP contribution in [-0.4, -0.2) is 24.6 Å². The molecule has 0 amide bonds. The fourth-order valence-corrected chi connectivity index (χ4v) is 2.76. The molecule has 0 radical (unpaired) electrons. The Kier molecular flexibility index (Phi) is 2.53. The average molecular weight is 279 g/mol. The van der Waals surface area contributed by atoms with Crippen LogP contribution in [0.5, 0.6) is 0 Å². The summed E-state index contributed by atoms with van der Waals surface area (Å²) in [6, 6.07) is 9.83. The van der Waals surface area contributed by atoms with Gasteiger partial charge in [0.05, 0.1) is 10.6 Å². The monoisotopic (exact) mass is 279 g/mol. The van der Waals surface area contributed by atoms with Crippen molar-refractivity contribution in [3.8, 4) is 22.0 Å². The first kappa shape index (κ1) is 11.2. The number of aromatic nitrogens is 5. The van der Waals surface area contributed by atoms with Gasteiger partial charge in [-0.15, -0.1) is 16.4 Å². The minimum atomic E-state index is 0.592. The fourth-order valence-electron chi connectivity index (χ4n) is 2.02. The van der Waals surface area contributed by atoms with Gasteiger partial charge in [0, 0.05) is 24.2 Å². The molecule has 5 nitrogen and oxygen atoms in total. The molecule has 4 aromatic rings. The van der Waals surface area contributed by atoms with Crippen molar-refractivity contribution in [1.82, 2.24) is 24.6 Å². The lowest BCUT2D eigenvalue weighted by molar-refractivity contribution is 0.953. The highest BCUT2D eigenvalue weighted by Crippen LogP contribution is 2.25. The maximum Gasteiger partial charge on any atom is 0.253 e. The van der Waals surface area contributed by atoms with E-state index in [4.69, 9.17) is 0 Å². The number of hydrogen-bond donors (Lipinski definition) is 0. The predicted molar refractivity (Wildman–Crippen MR) is 77.3 cm³/mol. The Morgan fingerprint density at radius 3 is 2.85 bits per heavy atom. The minimum Gasteiger partial charge on any atom is -0.264 e. The van der Waals surface area contributed by atoms with E-state index >= 15 is 0 Å². The summed E-state index contributed by atoms with van der Waals surface area (Å²) in [4.78, 5) is 14.0. The Morgan fingerprint density at radius 2 is 2.05 bits per heavy atom. The number of thiophene rings is 1. The quantitative estimate of drug-likeness (QED) is 0.566. The van der Waals surface area contributed by atoms with Crippen LogP contribution in [0.3, 0.4) is 0 Å². The van der Waals surface area contributed by atoms with Crippen LogP contribution < -0.4 is 0 Å². The lowest BCUT2D eigenvalue weighted by Crippen LogP contribution is -1.94. The van der Waals surface area contributed by atoms with Gasteiger partial charge < -0.3 is 0 Å². The summed E-state index contributed by atoms with van der Waals surface area (Å²) in [5, 5.41) is 6.59. The Balaban J connectivity index is 1.94. The van der Waals surface area contributed by atoms with Gasteiger partial charge in [-0.25, -0.2) is 4.98 Å². The van der Waals surface area contributed by atoms with Crippen LogP contribution in [0.15, 0.2) is 54.3 Å². The van der Waals surface area contributed by atoms with E-state index in [0.717, 1.165) is 16.1 Å². The topological polar surface area (TPSA) is 56.0 Å². The molecular formula is C14H9N5S. The number of fused-ring (bicyclic) bond motifs is 1. The lowest BCUT2D eigenvalue weighted by atomic mass is 10.3. The van der Waals surface area contributed by atoms with E-state index in [0.29, 0.717) is 11.6 Å². The van der Waals surface area contributed by atoms with E-state index in [-0.39, 0.29) is 0 Å². The summed E-state index contributed by atoms with van der Waals surface area (Å²) in [6.45, 7) is 0. The molecule has 4 rings (SSSR count). The van der Waals surface area contributed by atoms with Crippen molar-refractivity contribution in [1.29, 1.82) is 0 Å². The van der Waals surface area contributed by atoms with E-state index in [2.05, 4.69) is 26.1 Å². The second kappa shape index (κ2) is 4.50. The normalized spacial score (nSPS) is 11.0. The van der Waals surface area contributed by atoms with Crippen LogP contribution >= 0.6 is 11.3 Å². The number of pyridine rings is 1. The summed E-state index contributed by atoms with van der Waals surface area (Å²) in [6.07, 6.45) is 5.24. The molecule has 0 unspecified atom stereocenters. The Hall–Kier alpha value is -2.60. The molecule has 0 saturated carbocycles. The average Bonchev–Trinajstić information content (AvgIpc) is 3.17. The SMILES string of the molecule is c1cncc(-c2nc3nccc(-c4cccs4)n3n2)c1. The zero-order valence-corrected chi connectivity index (χ0v) is 11.2. The lowest BCUT2D eigenvalue weighted by Gasteiger charge is -1.99. The summed E-state index contributed by atoms with van der Waals surface area (Å²) < 4.78 is 1.77. The van der Waals surface area contributed by atoms with Gasteiger partial charge in [0.1, 0.15) is 0 Å². The van der Waals surface area contributed by atoms with Gasteiger partial charge in [0.25, 0.3) is 5.78 Å². The van der Waals surface area contributed by atoms with Crippen LogP contribution in [0.4, 0.5) is 0 Å². The van der Waals surface area contributed by atoms with Crippen molar-refractivity contribution in [2.24, 2.45) is 0 Å². The molecule has 0 N–H and O–H groups in total. The van der Waals surface area contributed by atoms with Crippen molar-refractivity contribution >= 4 is 17.1 Å². The molecule has 0 spiro atoms. The molecule has 0 atom stereocenters. The van der Waals surface area contributed by atoms with Gasteiger partial charge in [-0.1, -0.05) is 6.07 Å². The van der Waals surface area contributed by atoms with Crippen LogP contribution in [0.25, 0.3) is 27.7 Å². The van der Waals surface area contributed by atoms with E-state index in [9.17, 15) is 0 Å². The maximum absolute atomic E-state index is 4.55. The Bertz CT molecular complexity index is 852. The van der Waals surface area contributed by atoms with E-state index in [1.165, 1.54) is 0 Å². The first-order chi connectivity index (χ1) is 9.92. The Morgan fingerprint density at radius 1 is 1.05 bits per heavy atom. The van der Waals surface area contributed by atoms with Crippen LogP contribution in [0.1, 0.15) is 0 Å². The van der Waals surface area contributed by atoms with Gasteiger partial charge in [-0.3, -0.25) is 4.98 Å². The van der Waals surface area contributed by atoms with Crippen LogP contribution in [0, 0.1) is 0 Å². The molecule has 0 saturated heterocycles. The highest BCUT2D eigenvalue weighted by atomic mass is 32.1. The molecule has 0 aromatic carbocycles. The molecule has 6 heteroatoms. The molecule has 4 aromatic heterocycles. The molecule has 96 valence electrons. The van der Waals surface area contributed by atoms with Crippen molar-refractivity contribution < 1.29 is 0 Å². The van der Waals surface area contributed by atoms with Gasteiger partial charge in [0.15, 0.2) is 5.82 Å². The van der Waals surface area contributed by atoms with Gasteiger partial charge in [-0.05, 0) is 29.6 Å². The second-order valence-corrected chi connectivity index (χ2v) is 5.14. The second-order valence-electron chi connectivity index (χ2n) is 4.20. The smallest absolute Gasteiger partial charge is 0.253 e. The van der Waals surface area contributed by atoms with Crippen molar-refractivity contribution in [3.63, 3.8) is 0 Å². The molecule has 4 heterocycles. The van der Waals surface area contributed by atoms with E-state index in [1.807, 2.05) is 29.6 Å². The van der Waals surface area contributed by atoms with Crippen LogP contribution in [-0.2, 0) is 0 Å². The minimum absolute atomic E-state index is 0.592. The zero-order valence-electron chi connectivity index (χ0n) is 10.3. The summed E-state index contributed by atoms with van der Waals surface area (Å²) >= 11 is 1.67. The molecule has 0 bridgehead atoms. The summed E-state index contributed by atoms with van der Waals surface area (Å²) in [5.41, 5.74) is 1.88. The van der Waals surface area contributed by atoms with Crippen molar-refractivity contribution in [2.75, 3.05) is 0 Å². The summed E-state index contributed by atoms with van der Waals surface area (Å²) in [7, 11) is 0. The standard InChI is InChI=1S/C14H9N5S/c1-3-10(9-15-6-1)13-17-14-16-7-5-11(19(14)18-13)12-4-2-8-20-12/h1-9H. The third-order valence-electron chi connectivity index (χ3n) is 2.93. The molecule has 0 aliphatic carbocycles. The third kappa shape index (κ3) is 1.78. The maximum atomic E-state index is 4.55. The predicted octanol–water partition coefficient (Wildman–Crippen LogP) is 2.91. The van der Waals surface area contributed by atoms with E-state index < -0.39 is 0 Å². The van der Waals surface area contributed by atoms with E-state index in [1.54, 1.807) is 34.4 Å². The van der Waals surface area contributed by atoms with Crippen molar-refractivity contribution in [3.05, 3.63) is 54.3 Å². The Labute approximate surface area is 118 Å². The highest BCUT2D eigenvalue weighted by Gasteiger charge is 2.11. The van der Waals surface area contributed by atoms with Gasteiger partial charge in [0.2, 0.25) is 0 Å². The first-order valence-electron chi connectivity index (χ1n) is 6.08. The first-order valence-corrected chi connectivity index (χ1v) is 6.96. The number of rotatable bonds is 2. The van der Waals surface area contributed by atoms with Gasteiger partial charge >= 0.3 is 0 Å². The van der Waals surface area contributed by atoms with Gasteiger partial charge in [-0.2, -0.15) is 9.50 Å². The van der Waals surface area contributed by atoms with Crippen LogP contribution in [0.2, 0.25) is 0 Å². The molecule has 0 aliphatic heterocycles. The third-order valence-corrected chi connectivity index (χ3v) is 3.83. The molecular weight excluding hydrogens is 270 g/mol. The molecule has 20 heavy (non-hydrogen) atoms. The molecule has 0 aliphatic rings. The highest BCUT2D eigenvalue weighted by molar-refractivity contribution is 7.13. The number of nitrogens with zero attached hydrogens (tertiary/aromatic N) is 5. The molecule has 0 fully saturated rings. The summed E-state index contributed by atoms with van der Waals surface area (Å²) in [5.74, 6) is 1.23. The number of hydrogen-bond acceptors (Lipinski definition) is 5. The van der Waals surface area contributed by atoms with Crippen molar-refractivity contribution in [2.45, 2.75) is 0 Å². The zero-order chi connectivity index (χ0) is 13.4. The fraction of sp³-hybridized carbons (Fsp3) is 0. The largest absolute Gasteiger partial charge is 0.264 e.